The van der Waals surface area contributed by atoms with E-state index in [9.17, 15) is 0 Å². The van der Waals surface area contributed by atoms with Gasteiger partial charge in [-0.2, -0.15) is 0 Å². The van der Waals surface area contributed by atoms with Crippen LogP contribution in [0.2, 0.25) is 0 Å². The van der Waals surface area contributed by atoms with Crippen LogP contribution < -0.4 is 5.73 Å². The molecule has 0 radical (unpaired) electrons. The van der Waals surface area contributed by atoms with Crippen LogP contribution in [-0.4, -0.2) is 18.6 Å². The SMILES string of the molecule is C=O.C=O.CC.CC.Cc1ccc2c(N)nccc2c1. The van der Waals surface area contributed by atoms with E-state index in [1.807, 2.05) is 59.5 Å². The number of rotatable bonds is 0. The normalized spacial score (nSPS) is 7.25. The van der Waals surface area contributed by atoms with E-state index in [1.165, 1.54) is 5.56 Å². The molecule has 0 amide bonds. The number of nitrogens with zero attached hydrogens (tertiary/aromatic N) is 1. The quantitative estimate of drug-likeness (QED) is 0.795. The highest BCUT2D eigenvalue weighted by Gasteiger charge is 1.96. The van der Waals surface area contributed by atoms with Gasteiger partial charge in [0.25, 0.3) is 0 Å². The molecule has 0 fully saturated rings. The maximum Gasteiger partial charge on any atom is 0.131 e. The van der Waals surface area contributed by atoms with Gasteiger partial charge < -0.3 is 15.3 Å². The van der Waals surface area contributed by atoms with Gasteiger partial charge in [-0.05, 0) is 18.4 Å². The third kappa shape index (κ3) is 7.97. The van der Waals surface area contributed by atoms with Gasteiger partial charge in [0.1, 0.15) is 19.4 Å². The molecule has 0 saturated carbocycles. The molecule has 1 aromatic heterocycles. The smallest absolute Gasteiger partial charge is 0.131 e. The van der Waals surface area contributed by atoms with Crippen LogP contribution in [-0.2, 0) is 9.59 Å². The van der Waals surface area contributed by atoms with E-state index in [-0.39, 0.29) is 0 Å². The van der Waals surface area contributed by atoms with Gasteiger partial charge in [0, 0.05) is 11.6 Å². The molecule has 0 unspecified atom stereocenters. The highest BCUT2D eigenvalue weighted by molar-refractivity contribution is 5.91. The summed E-state index contributed by atoms with van der Waals surface area (Å²) in [6, 6.07) is 8.12. The number of aromatic nitrogens is 1. The summed E-state index contributed by atoms with van der Waals surface area (Å²) in [5.74, 6) is 0.604. The number of carbonyl (C=O) groups excluding carboxylic acids is 2. The van der Waals surface area contributed by atoms with Crippen molar-refractivity contribution >= 4 is 30.2 Å². The lowest BCUT2D eigenvalue weighted by Crippen LogP contribution is -1.90. The molecule has 0 aliphatic rings. The number of pyridine rings is 1. The second-order valence-corrected chi connectivity index (χ2v) is 2.92. The Morgan fingerprint density at radius 3 is 1.95 bits per heavy atom. The summed E-state index contributed by atoms with van der Waals surface area (Å²) in [7, 11) is 0. The van der Waals surface area contributed by atoms with Crippen molar-refractivity contribution in [1.82, 2.24) is 4.98 Å². The second-order valence-electron chi connectivity index (χ2n) is 2.92. The van der Waals surface area contributed by atoms with Crippen LogP contribution in [0.15, 0.2) is 30.5 Å². The molecule has 1 aromatic carbocycles. The summed E-state index contributed by atoms with van der Waals surface area (Å²) < 4.78 is 0. The number of hydrogen-bond acceptors (Lipinski definition) is 4. The molecular formula is C16H26N2O2. The molecule has 0 aliphatic carbocycles. The number of nitrogen functional groups attached to an aromatic ring is 1. The number of carbonyl (C=O) groups is 2. The van der Waals surface area contributed by atoms with Crippen LogP contribution in [0, 0.1) is 6.92 Å². The van der Waals surface area contributed by atoms with Crippen molar-refractivity contribution in [2.45, 2.75) is 34.6 Å². The molecule has 4 heteroatoms. The first-order valence-corrected chi connectivity index (χ1v) is 6.46. The summed E-state index contributed by atoms with van der Waals surface area (Å²) in [5.41, 5.74) is 6.94. The molecule has 112 valence electrons. The predicted molar refractivity (Wildman–Crippen MR) is 87.8 cm³/mol. The Hall–Kier alpha value is -2.23. The Balaban J connectivity index is -0.000000314. The van der Waals surface area contributed by atoms with E-state index in [2.05, 4.69) is 18.0 Å². The van der Waals surface area contributed by atoms with Crippen LogP contribution in [0.5, 0.6) is 0 Å². The molecule has 20 heavy (non-hydrogen) atoms. The van der Waals surface area contributed by atoms with Crippen LogP contribution >= 0.6 is 0 Å². The topological polar surface area (TPSA) is 73.0 Å². The fourth-order valence-electron chi connectivity index (χ4n) is 1.32. The van der Waals surface area contributed by atoms with Crippen molar-refractivity contribution in [2.75, 3.05) is 5.73 Å². The summed E-state index contributed by atoms with van der Waals surface area (Å²) in [4.78, 5) is 20.0. The molecule has 0 atom stereocenters. The highest BCUT2D eigenvalue weighted by atomic mass is 16.1. The van der Waals surface area contributed by atoms with Gasteiger partial charge in [0.2, 0.25) is 0 Å². The van der Waals surface area contributed by atoms with Crippen molar-refractivity contribution in [3.8, 4) is 0 Å². The van der Waals surface area contributed by atoms with Gasteiger partial charge in [-0.25, -0.2) is 4.98 Å². The van der Waals surface area contributed by atoms with Gasteiger partial charge in [0.05, 0.1) is 0 Å². The number of nitrogens with two attached hydrogens (primary N) is 1. The van der Waals surface area contributed by atoms with Gasteiger partial charge in [-0.15, -0.1) is 0 Å². The van der Waals surface area contributed by atoms with Crippen LogP contribution in [0.3, 0.4) is 0 Å². The molecule has 4 nitrogen and oxygen atoms in total. The first-order valence-electron chi connectivity index (χ1n) is 6.46. The Bertz CT molecular complexity index is 457. The average Bonchev–Trinajstić information content (AvgIpc) is 2.55. The summed E-state index contributed by atoms with van der Waals surface area (Å²) in [6.45, 7) is 14.1. The zero-order valence-corrected chi connectivity index (χ0v) is 13.1. The molecule has 0 saturated heterocycles. The van der Waals surface area contributed by atoms with E-state index in [1.54, 1.807) is 6.20 Å². The number of fused-ring (bicyclic) bond motifs is 1. The van der Waals surface area contributed by atoms with Gasteiger partial charge in [-0.3, -0.25) is 0 Å². The van der Waals surface area contributed by atoms with Crippen molar-refractivity contribution in [3.63, 3.8) is 0 Å². The third-order valence-corrected chi connectivity index (χ3v) is 1.95. The summed E-state index contributed by atoms with van der Waals surface area (Å²) >= 11 is 0. The molecule has 1 heterocycles. The fraction of sp³-hybridized carbons (Fsp3) is 0.312. The Kier molecular flexibility index (Phi) is 19.2. The standard InChI is InChI=1S/C10H10N2.2C2H6.2CH2O/c1-7-2-3-9-8(6-7)4-5-12-10(9)11;4*1-2/h2-6H,1H3,(H2,11,12);2*1-2H3;2*1H2. The van der Waals surface area contributed by atoms with Crippen molar-refractivity contribution in [1.29, 1.82) is 0 Å². The van der Waals surface area contributed by atoms with Gasteiger partial charge >= 0.3 is 0 Å². The third-order valence-electron chi connectivity index (χ3n) is 1.95. The first kappa shape index (κ1) is 22.9. The molecule has 0 aliphatic heterocycles. The van der Waals surface area contributed by atoms with E-state index >= 15 is 0 Å². The van der Waals surface area contributed by atoms with Gasteiger partial charge in [-0.1, -0.05) is 51.5 Å². The Morgan fingerprint density at radius 1 is 0.950 bits per heavy atom. The zero-order chi connectivity index (χ0) is 16.6. The number of anilines is 1. The lowest BCUT2D eigenvalue weighted by molar-refractivity contribution is -0.0987. The van der Waals surface area contributed by atoms with E-state index < -0.39 is 0 Å². The minimum absolute atomic E-state index is 0.604. The zero-order valence-electron chi connectivity index (χ0n) is 13.1. The summed E-state index contributed by atoms with van der Waals surface area (Å²) in [5, 5.41) is 2.19. The molecule has 2 N–H and O–H groups in total. The van der Waals surface area contributed by atoms with Crippen LogP contribution in [0.25, 0.3) is 10.8 Å². The van der Waals surface area contributed by atoms with E-state index in [4.69, 9.17) is 15.3 Å². The minimum atomic E-state index is 0.604. The van der Waals surface area contributed by atoms with Crippen molar-refractivity contribution in [2.24, 2.45) is 0 Å². The number of benzene rings is 1. The maximum atomic E-state index is 8.00. The Morgan fingerprint density at radius 2 is 1.45 bits per heavy atom. The monoisotopic (exact) mass is 278 g/mol. The first-order chi connectivity index (χ1) is 9.77. The summed E-state index contributed by atoms with van der Waals surface area (Å²) in [6.07, 6.45) is 1.73. The maximum absolute atomic E-state index is 8.00. The van der Waals surface area contributed by atoms with Crippen molar-refractivity contribution < 1.29 is 9.59 Å². The molecule has 2 aromatic rings. The van der Waals surface area contributed by atoms with Crippen LogP contribution in [0.1, 0.15) is 33.3 Å². The molecule has 0 bridgehead atoms. The largest absolute Gasteiger partial charge is 0.383 e. The van der Waals surface area contributed by atoms with E-state index in [0.717, 1.165) is 10.8 Å². The minimum Gasteiger partial charge on any atom is -0.383 e. The number of aryl methyl sites for hydroxylation is 1. The average molecular weight is 278 g/mol. The molecular weight excluding hydrogens is 252 g/mol. The Labute approximate surface area is 122 Å². The lowest BCUT2D eigenvalue weighted by atomic mass is 10.1. The fourth-order valence-corrected chi connectivity index (χ4v) is 1.32. The lowest BCUT2D eigenvalue weighted by Gasteiger charge is -2.00. The van der Waals surface area contributed by atoms with Crippen molar-refractivity contribution in [3.05, 3.63) is 36.0 Å². The van der Waals surface area contributed by atoms with Gasteiger partial charge in [0.15, 0.2) is 0 Å². The molecule has 0 spiro atoms. The number of hydrogen-bond donors (Lipinski definition) is 1. The van der Waals surface area contributed by atoms with Crippen LogP contribution in [0.4, 0.5) is 5.82 Å². The van der Waals surface area contributed by atoms with E-state index in [0.29, 0.717) is 5.82 Å². The second kappa shape index (κ2) is 16.8. The molecule has 2 rings (SSSR count). The highest BCUT2D eigenvalue weighted by Crippen LogP contribution is 2.19. The predicted octanol–water partition coefficient (Wildman–Crippen LogP) is 3.81.